The summed E-state index contributed by atoms with van der Waals surface area (Å²) in [6, 6.07) is 7.06. The van der Waals surface area contributed by atoms with E-state index in [4.69, 9.17) is 10.8 Å². The molecule has 0 radical (unpaired) electrons. The Morgan fingerprint density at radius 3 is 2.88 bits per heavy atom. The highest BCUT2D eigenvalue weighted by atomic mass is 79.9. The Hall–Kier alpha value is -0.910. The van der Waals surface area contributed by atoms with Crippen LogP contribution >= 0.6 is 15.9 Å². The number of benzene rings is 1. The number of nitrogens with one attached hydrogen (secondary N) is 1. The molecule has 4 nitrogen and oxygen atoms in total. The van der Waals surface area contributed by atoms with Crippen molar-refractivity contribution in [2.45, 2.75) is 19.0 Å². The summed E-state index contributed by atoms with van der Waals surface area (Å²) in [7, 11) is 0. The van der Waals surface area contributed by atoms with E-state index < -0.39 is 12.0 Å². The molecular weight excluding hydrogens is 272 g/mol. The zero-order chi connectivity index (χ0) is 12.1. The first-order valence-electron chi connectivity index (χ1n) is 4.98. The fourth-order valence-corrected chi connectivity index (χ4v) is 1.70. The summed E-state index contributed by atoms with van der Waals surface area (Å²) in [5.41, 5.74) is 6.49. The summed E-state index contributed by atoms with van der Waals surface area (Å²) in [5, 5.41) is 11.7. The zero-order valence-electron chi connectivity index (χ0n) is 8.98. The number of halogens is 1. The average molecular weight is 287 g/mol. The normalized spacial score (nSPS) is 14.4. The van der Waals surface area contributed by atoms with E-state index in [0.29, 0.717) is 0 Å². The lowest BCUT2D eigenvalue weighted by atomic mass is 10.1. The summed E-state index contributed by atoms with van der Waals surface area (Å²) >= 11 is 3.39. The minimum atomic E-state index is -0.992. The maximum atomic E-state index is 10.5. The molecule has 0 aliphatic rings. The van der Waals surface area contributed by atoms with Crippen LogP contribution in [0.1, 0.15) is 18.5 Å². The molecule has 0 amide bonds. The van der Waals surface area contributed by atoms with Crippen LogP contribution in [0.4, 0.5) is 0 Å². The summed E-state index contributed by atoms with van der Waals surface area (Å²) in [6.45, 7) is 2.22. The number of rotatable bonds is 5. The van der Waals surface area contributed by atoms with Gasteiger partial charge in [0, 0.05) is 17.1 Å². The summed E-state index contributed by atoms with van der Waals surface area (Å²) < 4.78 is 1.00. The van der Waals surface area contributed by atoms with Gasteiger partial charge >= 0.3 is 5.97 Å². The van der Waals surface area contributed by atoms with Crippen molar-refractivity contribution in [3.8, 4) is 0 Å². The van der Waals surface area contributed by atoms with E-state index in [9.17, 15) is 4.79 Å². The fraction of sp³-hybridized carbons (Fsp3) is 0.364. The Morgan fingerprint density at radius 1 is 1.62 bits per heavy atom. The van der Waals surface area contributed by atoms with Gasteiger partial charge in [-0.2, -0.15) is 0 Å². The standard InChI is InChI=1S/C11H15BrN2O2/c1-7(14-6-10(13)11(15)16)8-3-2-4-9(12)5-8/h2-5,7,10,14H,6,13H2,1H3,(H,15,16). The van der Waals surface area contributed by atoms with Crippen molar-refractivity contribution < 1.29 is 9.90 Å². The number of hydrogen-bond acceptors (Lipinski definition) is 3. The monoisotopic (exact) mass is 286 g/mol. The molecule has 2 atom stereocenters. The van der Waals surface area contributed by atoms with E-state index in [1.165, 1.54) is 0 Å². The Labute approximate surface area is 103 Å². The molecule has 1 aromatic carbocycles. The minimum Gasteiger partial charge on any atom is -0.480 e. The fourth-order valence-electron chi connectivity index (χ4n) is 1.28. The predicted molar refractivity (Wildman–Crippen MR) is 66.2 cm³/mol. The SMILES string of the molecule is CC(NCC(N)C(=O)O)c1cccc(Br)c1. The van der Waals surface area contributed by atoms with Gasteiger partial charge in [-0.3, -0.25) is 4.79 Å². The molecular formula is C11H15BrN2O2. The second-order valence-electron chi connectivity index (χ2n) is 3.63. The van der Waals surface area contributed by atoms with Gasteiger partial charge < -0.3 is 16.2 Å². The molecule has 1 rings (SSSR count). The van der Waals surface area contributed by atoms with Crippen molar-refractivity contribution in [1.29, 1.82) is 0 Å². The van der Waals surface area contributed by atoms with Crippen LogP contribution in [0.2, 0.25) is 0 Å². The first-order chi connectivity index (χ1) is 7.50. The lowest BCUT2D eigenvalue weighted by Gasteiger charge is -2.16. The van der Waals surface area contributed by atoms with Crippen LogP contribution in [0, 0.1) is 0 Å². The Morgan fingerprint density at radius 2 is 2.31 bits per heavy atom. The highest BCUT2D eigenvalue weighted by Crippen LogP contribution is 2.17. The Bertz CT molecular complexity index is 371. The summed E-state index contributed by atoms with van der Waals surface area (Å²) in [6.07, 6.45) is 0. The minimum absolute atomic E-state index is 0.0721. The molecule has 5 heteroatoms. The van der Waals surface area contributed by atoms with Gasteiger partial charge in [0.1, 0.15) is 6.04 Å². The van der Waals surface area contributed by atoms with Crippen molar-refractivity contribution in [2.24, 2.45) is 5.73 Å². The number of hydrogen-bond donors (Lipinski definition) is 3. The quantitative estimate of drug-likeness (QED) is 0.767. The zero-order valence-corrected chi connectivity index (χ0v) is 10.6. The topological polar surface area (TPSA) is 75.3 Å². The second-order valence-corrected chi connectivity index (χ2v) is 4.55. The molecule has 4 N–H and O–H groups in total. The lowest BCUT2D eigenvalue weighted by Crippen LogP contribution is -2.41. The number of aliphatic carboxylic acids is 1. The van der Waals surface area contributed by atoms with Crippen LogP contribution in [0.3, 0.4) is 0 Å². The molecule has 0 saturated carbocycles. The third-order valence-electron chi connectivity index (χ3n) is 2.31. The first kappa shape index (κ1) is 13.2. The third-order valence-corrected chi connectivity index (χ3v) is 2.80. The Balaban J connectivity index is 2.52. The second kappa shape index (κ2) is 5.98. The molecule has 2 unspecified atom stereocenters. The van der Waals surface area contributed by atoms with Crippen molar-refractivity contribution in [3.05, 3.63) is 34.3 Å². The molecule has 0 aromatic heterocycles. The van der Waals surface area contributed by atoms with Crippen molar-refractivity contribution in [3.63, 3.8) is 0 Å². The van der Waals surface area contributed by atoms with Gasteiger partial charge in [0.25, 0.3) is 0 Å². The lowest BCUT2D eigenvalue weighted by molar-refractivity contribution is -0.138. The van der Waals surface area contributed by atoms with Crippen LogP contribution < -0.4 is 11.1 Å². The van der Waals surface area contributed by atoms with Crippen LogP contribution in [0.25, 0.3) is 0 Å². The van der Waals surface area contributed by atoms with E-state index in [1.807, 2.05) is 31.2 Å². The van der Waals surface area contributed by atoms with Crippen LogP contribution in [-0.4, -0.2) is 23.7 Å². The maximum absolute atomic E-state index is 10.5. The molecule has 0 bridgehead atoms. The molecule has 0 aliphatic heterocycles. The van der Waals surface area contributed by atoms with Gasteiger partial charge in [-0.1, -0.05) is 28.1 Å². The van der Waals surface area contributed by atoms with Gasteiger partial charge in [0.15, 0.2) is 0 Å². The van der Waals surface area contributed by atoms with E-state index in [1.54, 1.807) is 0 Å². The van der Waals surface area contributed by atoms with Crippen molar-refractivity contribution >= 4 is 21.9 Å². The molecule has 0 fully saturated rings. The molecule has 0 spiro atoms. The van der Waals surface area contributed by atoms with Gasteiger partial charge in [-0.05, 0) is 24.6 Å². The highest BCUT2D eigenvalue weighted by Gasteiger charge is 2.13. The van der Waals surface area contributed by atoms with Crippen molar-refractivity contribution in [1.82, 2.24) is 5.32 Å². The molecule has 88 valence electrons. The summed E-state index contributed by atoms with van der Waals surface area (Å²) in [5.74, 6) is -0.992. The predicted octanol–water partition coefficient (Wildman–Crippen LogP) is 1.51. The smallest absolute Gasteiger partial charge is 0.321 e. The summed E-state index contributed by atoms with van der Waals surface area (Å²) in [4.78, 5) is 10.5. The largest absolute Gasteiger partial charge is 0.480 e. The van der Waals surface area contributed by atoms with E-state index in [2.05, 4.69) is 21.2 Å². The van der Waals surface area contributed by atoms with E-state index in [0.717, 1.165) is 10.0 Å². The third kappa shape index (κ3) is 3.92. The molecule has 16 heavy (non-hydrogen) atoms. The number of carboxylic acids is 1. The van der Waals surface area contributed by atoms with Gasteiger partial charge in [0.05, 0.1) is 0 Å². The van der Waals surface area contributed by atoms with E-state index in [-0.39, 0.29) is 12.6 Å². The van der Waals surface area contributed by atoms with Crippen LogP contribution in [-0.2, 0) is 4.79 Å². The number of nitrogens with two attached hydrogens (primary N) is 1. The Kier molecular flexibility index (Phi) is 4.92. The molecule has 0 heterocycles. The average Bonchev–Trinajstić information content (AvgIpc) is 2.25. The van der Waals surface area contributed by atoms with E-state index >= 15 is 0 Å². The number of carbonyl (C=O) groups is 1. The number of carboxylic acid groups (broad SMARTS) is 1. The molecule has 0 saturated heterocycles. The van der Waals surface area contributed by atoms with Gasteiger partial charge in [-0.25, -0.2) is 0 Å². The van der Waals surface area contributed by atoms with Gasteiger partial charge in [0.2, 0.25) is 0 Å². The molecule has 1 aromatic rings. The highest BCUT2D eigenvalue weighted by molar-refractivity contribution is 9.10. The first-order valence-corrected chi connectivity index (χ1v) is 5.77. The van der Waals surface area contributed by atoms with Crippen molar-refractivity contribution in [2.75, 3.05) is 6.54 Å². The molecule has 0 aliphatic carbocycles. The van der Waals surface area contributed by atoms with Crippen LogP contribution in [0.15, 0.2) is 28.7 Å². The maximum Gasteiger partial charge on any atom is 0.321 e. The van der Waals surface area contributed by atoms with Gasteiger partial charge in [-0.15, -0.1) is 0 Å². The van der Waals surface area contributed by atoms with Crippen LogP contribution in [0.5, 0.6) is 0 Å².